The molecule has 18 heteroatoms. The third-order valence-corrected chi connectivity index (χ3v) is 8.91. The summed E-state index contributed by atoms with van der Waals surface area (Å²) in [7, 11) is -8.30. The third-order valence-electron chi connectivity index (χ3n) is 6.39. The number of hydrogen-bond donors (Lipinski definition) is 4. The Morgan fingerprint density at radius 1 is 1.14 bits per heavy atom. The van der Waals surface area contributed by atoms with Crippen molar-refractivity contribution in [2.75, 3.05) is 17.8 Å². The second-order valence-electron chi connectivity index (χ2n) is 9.35. The van der Waals surface area contributed by atoms with E-state index in [1.54, 1.807) is 6.92 Å². The maximum atomic E-state index is 13.0. The zero-order chi connectivity index (χ0) is 30.9. The number of anilines is 1. The fraction of sp³-hybridized carbons (Fsp3) is 0.292. The minimum absolute atomic E-state index is 0.0341. The zero-order valence-corrected chi connectivity index (χ0v) is 23.3. The summed E-state index contributed by atoms with van der Waals surface area (Å²) in [5.74, 6) is -0.909. The summed E-state index contributed by atoms with van der Waals surface area (Å²) in [4.78, 5) is 27.8. The third kappa shape index (κ3) is 7.37. The van der Waals surface area contributed by atoms with Crippen LogP contribution in [0.4, 0.5) is 23.7 Å². The fourth-order valence-electron chi connectivity index (χ4n) is 4.41. The van der Waals surface area contributed by atoms with Crippen molar-refractivity contribution in [3.8, 4) is 5.75 Å². The highest BCUT2D eigenvalue weighted by Gasteiger charge is 2.47. The van der Waals surface area contributed by atoms with E-state index in [1.807, 2.05) is 4.72 Å². The minimum atomic E-state index is -4.89. The first-order chi connectivity index (χ1) is 19.5. The van der Waals surface area contributed by atoms with Gasteiger partial charge < -0.3 is 15.2 Å². The summed E-state index contributed by atoms with van der Waals surface area (Å²) in [6.07, 6.45) is -5.27. The first-order valence-corrected chi connectivity index (χ1v) is 15.1. The van der Waals surface area contributed by atoms with Gasteiger partial charge in [0.2, 0.25) is 10.0 Å². The monoisotopic (exact) mass is 631 g/mol. The highest BCUT2D eigenvalue weighted by molar-refractivity contribution is 7.92. The lowest BCUT2D eigenvalue weighted by atomic mass is 9.89. The van der Waals surface area contributed by atoms with Gasteiger partial charge in [-0.05, 0) is 61.2 Å². The first-order valence-electron chi connectivity index (χ1n) is 12.1. The Labute approximate surface area is 238 Å². The fourth-order valence-corrected chi connectivity index (χ4v) is 6.31. The van der Waals surface area contributed by atoms with E-state index in [-0.39, 0.29) is 43.0 Å². The SMILES string of the molecule is Cc1cc(NS(=O)(=O)NC(=O)O)ccc1/C=C/S(=O)(=O)N1CCC2(CC1)N=C(c1cccc(OC(F)(F)F)c1)NC2=O. The molecule has 13 nitrogen and oxygen atoms in total. The number of amidine groups is 1. The van der Waals surface area contributed by atoms with E-state index in [1.165, 1.54) is 45.4 Å². The molecule has 0 radical (unpaired) electrons. The molecule has 2 aromatic rings. The van der Waals surface area contributed by atoms with Crippen LogP contribution in [0.3, 0.4) is 0 Å². The van der Waals surface area contributed by atoms with Crippen molar-refractivity contribution in [3.63, 3.8) is 0 Å². The Bertz CT molecular complexity index is 1680. The molecular formula is C24H24F3N5O8S2. The summed E-state index contributed by atoms with van der Waals surface area (Å²) >= 11 is 0. The number of aryl methyl sites for hydroxylation is 1. The van der Waals surface area contributed by atoms with E-state index in [2.05, 4.69) is 15.0 Å². The highest BCUT2D eigenvalue weighted by Crippen LogP contribution is 2.33. The molecule has 0 bridgehead atoms. The molecule has 2 aromatic carbocycles. The molecular weight excluding hydrogens is 607 g/mol. The molecule has 0 saturated carbocycles. The number of nitrogens with zero attached hydrogens (tertiary/aromatic N) is 2. The van der Waals surface area contributed by atoms with Gasteiger partial charge in [-0.15, -0.1) is 13.2 Å². The lowest BCUT2D eigenvalue weighted by Crippen LogP contribution is -2.50. The van der Waals surface area contributed by atoms with E-state index in [9.17, 15) is 39.6 Å². The number of ether oxygens (including phenoxy) is 1. The van der Waals surface area contributed by atoms with Crippen LogP contribution in [0.1, 0.15) is 29.5 Å². The van der Waals surface area contributed by atoms with Crippen LogP contribution in [0.2, 0.25) is 0 Å². The molecule has 2 amide bonds. The molecule has 2 heterocycles. The molecule has 2 aliphatic heterocycles. The Morgan fingerprint density at radius 2 is 1.83 bits per heavy atom. The predicted octanol–water partition coefficient (Wildman–Crippen LogP) is 2.53. The molecule has 4 rings (SSSR count). The van der Waals surface area contributed by atoms with Crippen molar-refractivity contribution in [3.05, 3.63) is 64.6 Å². The Kier molecular flexibility index (Phi) is 8.25. The Hall–Kier alpha value is -4.16. The van der Waals surface area contributed by atoms with Crippen molar-refractivity contribution >= 4 is 49.8 Å². The number of benzene rings is 2. The number of carbonyl (C=O) groups is 2. The molecule has 226 valence electrons. The number of aliphatic imine (C=N–C) groups is 1. The van der Waals surface area contributed by atoms with Gasteiger partial charge in [0.1, 0.15) is 17.1 Å². The number of sulfonamides is 1. The molecule has 42 heavy (non-hydrogen) atoms. The van der Waals surface area contributed by atoms with E-state index < -0.39 is 49.9 Å². The number of carbonyl (C=O) groups excluding carboxylic acids is 1. The Morgan fingerprint density at radius 3 is 2.45 bits per heavy atom. The van der Waals surface area contributed by atoms with Crippen molar-refractivity contribution in [1.82, 2.24) is 14.3 Å². The zero-order valence-electron chi connectivity index (χ0n) is 21.7. The second kappa shape index (κ2) is 11.3. The van der Waals surface area contributed by atoms with E-state index >= 15 is 0 Å². The largest absolute Gasteiger partial charge is 0.573 e. The number of amides is 2. The normalized spacial score (nSPS) is 17.6. The maximum absolute atomic E-state index is 13.0. The molecule has 0 aromatic heterocycles. The summed E-state index contributed by atoms with van der Waals surface area (Å²) in [5.41, 5.74) is -0.0864. The smallest absolute Gasteiger partial charge is 0.464 e. The summed E-state index contributed by atoms with van der Waals surface area (Å²) in [6.45, 7) is 1.49. The van der Waals surface area contributed by atoms with Crippen LogP contribution in [0.15, 0.2) is 52.9 Å². The van der Waals surface area contributed by atoms with Crippen molar-refractivity contribution < 1.29 is 49.4 Å². The van der Waals surface area contributed by atoms with Crippen LogP contribution < -0.4 is 19.5 Å². The van der Waals surface area contributed by atoms with Gasteiger partial charge in [0, 0.05) is 24.1 Å². The minimum Gasteiger partial charge on any atom is -0.464 e. The lowest BCUT2D eigenvalue weighted by Gasteiger charge is -2.34. The molecule has 1 spiro atoms. The van der Waals surface area contributed by atoms with Gasteiger partial charge in [-0.1, -0.05) is 18.2 Å². The number of nitrogens with one attached hydrogen (secondary N) is 3. The van der Waals surface area contributed by atoms with Crippen LogP contribution in [0, 0.1) is 6.92 Å². The summed E-state index contributed by atoms with van der Waals surface area (Å²) in [6, 6.07) is 9.13. The molecule has 1 saturated heterocycles. The first kappa shape index (κ1) is 30.8. The molecule has 1 fully saturated rings. The van der Waals surface area contributed by atoms with Gasteiger partial charge in [0.15, 0.2) is 0 Å². The number of hydrogen-bond acceptors (Lipinski definition) is 8. The molecule has 0 unspecified atom stereocenters. The lowest BCUT2D eigenvalue weighted by molar-refractivity contribution is -0.274. The van der Waals surface area contributed by atoms with Gasteiger partial charge in [-0.2, -0.15) is 12.7 Å². The van der Waals surface area contributed by atoms with Gasteiger partial charge >= 0.3 is 22.7 Å². The van der Waals surface area contributed by atoms with Crippen molar-refractivity contribution in [1.29, 1.82) is 0 Å². The van der Waals surface area contributed by atoms with Crippen LogP contribution >= 0.6 is 0 Å². The molecule has 0 atom stereocenters. The number of alkyl halides is 3. The second-order valence-corrected chi connectivity index (χ2v) is 12.6. The highest BCUT2D eigenvalue weighted by atomic mass is 32.2. The van der Waals surface area contributed by atoms with Gasteiger partial charge in [-0.3, -0.25) is 14.5 Å². The molecule has 4 N–H and O–H groups in total. The van der Waals surface area contributed by atoms with E-state index in [0.29, 0.717) is 11.1 Å². The predicted molar refractivity (Wildman–Crippen MR) is 144 cm³/mol. The average Bonchev–Trinajstić information content (AvgIpc) is 3.17. The molecule has 2 aliphatic rings. The van der Waals surface area contributed by atoms with E-state index in [4.69, 9.17) is 5.11 Å². The maximum Gasteiger partial charge on any atom is 0.573 e. The summed E-state index contributed by atoms with van der Waals surface area (Å²) in [5, 5.41) is 12.1. The van der Waals surface area contributed by atoms with Gasteiger partial charge in [0.05, 0.1) is 5.69 Å². The Balaban J connectivity index is 1.43. The van der Waals surface area contributed by atoms with Crippen molar-refractivity contribution in [2.24, 2.45) is 4.99 Å². The van der Waals surface area contributed by atoms with Crippen LogP contribution in [0.25, 0.3) is 6.08 Å². The van der Waals surface area contributed by atoms with E-state index in [0.717, 1.165) is 17.5 Å². The molecule has 0 aliphatic carbocycles. The number of rotatable bonds is 8. The topological polar surface area (TPSA) is 184 Å². The number of carboxylic acid groups (broad SMARTS) is 1. The summed E-state index contributed by atoms with van der Waals surface area (Å²) < 4.78 is 95.6. The van der Waals surface area contributed by atoms with Crippen LogP contribution in [-0.4, -0.2) is 69.1 Å². The number of piperidine rings is 1. The van der Waals surface area contributed by atoms with Gasteiger partial charge in [-0.25, -0.2) is 17.9 Å². The van der Waals surface area contributed by atoms with Crippen LogP contribution in [0.5, 0.6) is 5.75 Å². The van der Waals surface area contributed by atoms with Crippen molar-refractivity contribution in [2.45, 2.75) is 31.7 Å². The standard InChI is InChI=1S/C24H24F3N5O8S2/c1-15-13-18(30-42(38,39)31-22(34)35)6-5-16(15)7-12-41(36,37)32-10-8-23(9-11-32)21(33)28-20(29-23)17-3-2-4-19(14-17)40-24(25,26)27/h2-7,12-14,30-31H,8-11H2,1H3,(H,34,35)(H,28,29,33)/b12-7+. The van der Waals surface area contributed by atoms with Gasteiger partial charge in [0.25, 0.3) is 5.91 Å². The number of halogens is 3. The van der Waals surface area contributed by atoms with Crippen LogP contribution in [-0.2, 0) is 25.0 Å². The average molecular weight is 632 g/mol. The quantitative estimate of drug-likeness (QED) is 0.343.